The minimum Gasteiger partial charge on any atom is -0.388 e. The maximum atomic E-state index is 10.4. The summed E-state index contributed by atoms with van der Waals surface area (Å²) in [6.07, 6.45) is 5.22. The van der Waals surface area contributed by atoms with Crippen LogP contribution in [0.1, 0.15) is 32.1 Å². The van der Waals surface area contributed by atoms with E-state index in [4.69, 9.17) is 4.74 Å². The molecule has 2 rings (SSSR count). The second-order valence-corrected chi connectivity index (χ2v) is 4.22. The topological polar surface area (TPSA) is 41.5 Å². The molecule has 0 saturated carbocycles. The Labute approximate surface area is 79.5 Å². The summed E-state index contributed by atoms with van der Waals surface area (Å²) in [7, 11) is 0. The zero-order valence-electron chi connectivity index (χ0n) is 8.09. The first-order chi connectivity index (χ1) is 6.31. The molecule has 0 bridgehead atoms. The van der Waals surface area contributed by atoms with Crippen molar-refractivity contribution in [1.82, 2.24) is 5.32 Å². The molecule has 76 valence electrons. The quantitative estimate of drug-likeness (QED) is 0.631. The summed E-state index contributed by atoms with van der Waals surface area (Å²) in [4.78, 5) is 0. The summed E-state index contributed by atoms with van der Waals surface area (Å²) in [6.45, 7) is 2.50. The van der Waals surface area contributed by atoms with Crippen LogP contribution in [-0.2, 0) is 4.74 Å². The fraction of sp³-hybridized carbons (Fsp3) is 1.00. The zero-order valence-corrected chi connectivity index (χ0v) is 8.09. The van der Waals surface area contributed by atoms with E-state index in [9.17, 15) is 5.11 Å². The van der Waals surface area contributed by atoms with E-state index in [0.717, 1.165) is 25.8 Å². The van der Waals surface area contributed by atoms with Crippen molar-refractivity contribution in [3.05, 3.63) is 0 Å². The number of nitrogens with one attached hydrogen (secondary N) is 1. The van der Waals surface area contributed by atoms with Crippen molar-refractivity contribution in [2.75, 3.05) is 19.8 Å². The second-order valence-electron chi connectivity index (χ2n) is 4.22. The number of rotatable bonds is 1. The van der Waals surface area contributed by atoms with E-state index in [1.54, 1.807) is 0 Å². The smallest absolute Gasteiger partial charge is 0.0843 e. The van der Waals surface area contributed by atoms with Crippen molar-refractivity contribution in [3.8, 4) is 0 Å². The molecule has 2 saturated heterocycles. The lowest BCUT2D eigenvalue weighted by Gasteiger charge is -2.41. The molecule has 2 aliphatic rings. The normalized spacial score (nSPS) is 34.4. The van der Waals surface area contributed by atoms with Gasteiger partial charge in [0.2, 0.25) is 0 Å². The van der Waals surface area contributed by atoms with Crippen LogP contribution in [-0.4, -0.2) is 36.5 Å². The molecule has 0 aliphatic carbocycles. The van der Waals surface area contributed by atoms with Crippen LogP contribution in [0.5, 0.6) is 0 Å². The van der Waals surface area contributed by atoms with Gasteiger partial charge in [0.05, 0.1) is 5.60 Å². The average Bonchev–Trinajstić information content (AvgIpc) is 2.20. The Balaban J connectivity index is 1.94. The highest BCUT2D eigenvalue weighted by Crippen LogP contribution is 2.28. The van der Waals surface area contributed by atoms with Gasteiger partial charge in [0.1, 0.15) is 0 Å². The first kappa shape index (κ1) is 9.44. The Morgan fingerprint density at radius 2 is 2.00 bits per heavy atom. The molecule has 2 fully saturated rings. The number of piperidine rings is 1. The molecule has 0 aromatic carbocycles. The second kappa shape index (κ2) is 3.95. The van der Waals surface area contributed by atoms with E-state index in [2.05, 4.69) is 5.32 Å². The first-order valence-corrected chi connectivity index (χ1v) is 5.35. The average molecular weight is 185 g/mol. The van der Waals surface area contributed by atoms with Gasteiger partial charge < -0.3 is 15.2 Å². The zero-order chi connectivity index (χ0) is 9.15. The van der Waals surface area contributed by atoms with Crippen LogP contribution in [0.2, 0.25) is 0 Å². The van der Waals surface area contributed by atoms with Gasteiger partial charge in [-0.1, -0.05) is 6.42 Å². The molecular weight excluding hydrogens is 166 g/mol. The van der Waals surface area contributed by atoms with Crippen molar-refractivity contribution in [1.29, 1.82) is 0 Å². The molecular formula is C10H19NO2. The molecule has 0 spiro atoms. The molecule has 0 radical (unpaired) electrons. The van der Waals surface area contributed by atoms with Gasteiger partial charge in [-0.15, -0.1) is 0 Å². The van der Waals surface area contributed by atoms with Gasteiger partial charge in [0.15, 0.2) is 0 Å². The lowest BCUT2D eigenvalue weighted by atomic mass is 9.82. The molecule has 2 N–H and O–H groups in total. The summed E-state index contributed by atoms with van der Waals surface area (Å²) in [5.74, 6) is 0. The monoisotopic (exact) mass is 185 g/mol. The van der Waals surface area contributed by atoms with Gasteiger partial charge in [0.25, 0.3) is 0 Å². The third-order valence-electron chi connectivity index (χ3n) is 3.32. The van der Waals surface area contributed by atoms with Crippen LogP contribution in [0, 0.1) is 0 Å². The highest BCUT2D eigenvalue weighted by Gasteiger charge is 2.38. The number of aliphatic hydroxyl groups is 1. The maximum absolute atomic E-state index is 10.4. The maximum Gasteiger partial charge on any atom is 0.0843 e. The van der Waals surface area contributed by atoms with E-state index in [0.29, 0.717) is 19.3 Å². The van der Waals surface area contributed by atoms with Crippen molar-refractivity contribution < 1.29 is 9.84 Å². The number of hydrogen-bond acceptors (Lipinski definition) is 3. The van der Waals surface area contributed by atoms with E-state index in [1.807, 2.05) is 0 Å². The molecule has 2 aliphatic heterocycles. The molecule has 0 aromatic heterocycles. The molecule has 1 atom stereocenters. The Bertz CT molecular complexity index is 160. The third kappa shape index (κ3) is 2.03. The summed E-state index contributed by atoms with van der Waals surface area (Å²) in [6, 6.07) is 0.310. The molecule has 0 aromatic rings. The van der Waals surface area contributed by atoms with Gasteiger partial charge in [-0.2, -0.15) is 0 Å². The van der Waals surface area contributed by atoms with Crippen LogP contribution in [0.15, 0.2) is 0 Å². The van der Waals surface area contributed by atoms with E-state index >= 15 is 0 Å². The summed E-state index contributed by atoms with van der Waals surface area (Å²) < 4.78 is 5.27. The third-order valence-corrected chi connectivity index (χ3v) is 3.32. The van der Waals surface area contributed by atoms with Crippen LogP contribution in [0.3, 0.4) is 0 Å². The Morgan fingerprint density at radius 3 is 2.62 bits per heavy atom. The van der Waals surface area contributed by atoms with E-state index < -0.39 is 5.60 Å². The van der Waals surface area contributed by atoms with Gasteiger partial charge in [-0.3, -0.25) is 0 Å². The predicted molar refractivity (Wildman–Crippen MR) is 50.6 cm³/mol. The first-order valence-electron chi connectivity index (χ1n) is 5.35. The van der Waals surface area contributed by atoms with Crippen LogP contribution in [0.4, 0.5) is 0 Å². The Morgan fingerprint density at radius 1 is 1.23 bits per heavy atom. The number of ether oxygens (including phenoxy) is 1. The van der Waals surface area contributed by atoms with Gasteiger partial charge in [-0.25, -0.2) is 0 Å². The minimum atomic E-state index is -0.487. The fourth-order valence-electron chi connectivity index (χ4n) is 2.38. The van der Waals surface area contributed by atoms with Gasteiger partial charge in [0, 0.05) is 32.1 Å². The highest BCUT2D eigenvalue weighted by molar-refractivity contribution is 4.94. The van der Waals surface area contributed by atoms with Crippen LogP contribution >= 0.6 is 0 Å². The van der Waals surface area contributed by atoms with Crippen LogP contribution < -0.4 is 5.32 Å². The fourth-order valence-corrected chi connectivity index (χ4v) is 2.38. The molecule has 1 unspecified atom stereocenters. The lowest BCUT2D eigenvalue weighted by Crippen LogP contribution is -2.55. The largest absolute Gasteiger partial charge is 0.388 e. The SMILES string of the molecule is OC1(C2CCCCN2)CCOCC1. The van der Waals surface area contributed by atoms with Crippen molar-refractivity contribution >= 4 is 0 Å². The van der Waals surface area contributed by atoms with Gasteiger partial charge >= 0.3 is 0 Å². The molecule has 2 heterocycles. The minimum absolute atomic E-state index is 0.310. The molecule has 13 heavy (non-hydrogen) atoms. The van der Waals surface area contributed by atoms with Crippen molar-refractivity contribution in [2.45, 2.75) is 43.7 Å². The molecule has 3 heteroatoms. The summed E-state index contributed by atoms with van der Waals surface area (Å²) >= 11 is 0. The van der Waals surface area contributed by atoms with Crippen molar-refractivity contribution in [2.24, 2.45) is 0 Å². The van der Waals surface area contributed by atoms with Crippen molar-refractivity contribution in [3.63, 3.8) is 0 Å². The lowest BCUT2D eigenvalue weighted by molar-refractivity contribution is -0.0894. The summed E-state index contributed by atoms with van der Waals surface area (Å²) in [5, 5.41) is 13.8. The Kier molecular flexibility index (Phi) is 2.86. The molecule has 3 nitrogen and oxygen atoms in total. The number of hydrogen-bond donors (Lipinski definition) is 2. The van der Waals surface area contributed by atoms with Crippen LogP contribution in [0.25, 0.3) is 0 Å². The Hall–Kier alpha value is -0.120. The van der Waals surface area contributed by atoms with E-state index in [1.165, 1.54) is 12.8 Å². The summed E-state index contributed by atoms with van der Waals surface area (Å²) in [5.41, 5.74) is -0.487. The standard InChI is InChI=1S/C10H19NO2/c12-10(4-7-13-8-5-10)9-3-1-2-6-11-9/h9,11-12H,1-8H2. The van der Waals surface area contributed by atoms with E-state index in [-0.39, 0.29) is 0 Å². The molecule has 0 amide bonds. The van der Waals surface area contributed by atoms with Gasteiger partial charge in [-0.05, 0) is 19.4 Å². The predicted octanol–water partition coefficient (Wildman–Crippen LogP) is 0.670. The highest BCUT2D eigenvalue weighted by atomic mass is 16.5.